The molecule has 6 aliphatic rings. The molecule has 5 nitrogen and oxygen atoms in total. The van der Waals surface area contributed by atoms with Crippen molar-refractivity contribution in [3.63, 3.8) is 0 Å². The van der Waals surface area contributed by atoms with Crippen molar-refractivity contribution in [1.82, 2.24) is 0 Å². The number of esters is 1. The molecule has 1 N–H and O–H groups in total. The molecule has 2 saturated heterocycles. The van der Waals surface area contributed by atoms with E-state index in [9.17, 15) is 14.7 Å². The Bertz CT molecular complexity index is 936. The monoisotopic (exact) mass is 440 g/mol. The highest BCUT2D eigenvalue weighted by atomic mass is 16.7. The summed E-state index contributed by atoms with van der Waals surface area (Å²) in [5.41, 5.74) is 1.44. The fraction of sp³-hybridized carbons (Fsp3) is 0.778. The number of carbonyl (C=O) groups excluding carboxylic acids is 2. The summed E-state index contributed by atoms with van der Waals surface area (Å²) >= 11 is 0. The van der Waals surface area contributed by atoms with E-state index in [0.717, 1.165) is 32.1 Å². The van der Waals surface area contributed by atoms with E-state index >= 15 is 0 Å². The molecule has 174 valence electrons. The summed E-state index contributed by atoms with van der Waals surface area (Å²) in [5, 5.41) is 11.0. The molecule has 4 aliphatic carbocycles. The number of hydrogen-bond acceptors (Lipinski definition) is 5. The molecule has 0 radical (unpaired) electrons. The zero-order valence-electron chi connectivity index (χ0n) is 19.7. The van der Waals surface area contributed by atoms with Crippen molar-refractivity contribution in [2.45, 2.75) is 84.2 Å². The van der Waals surface area contributed by atoms with Crippen molar-refractivity contribution in [2.24, 2.45) is 46.3 Å². The van der Waals surface area contributed by atoms with Crippen LogP contribution in [-0.4, -0.2) is 34.9 Å². The van der Waals surface area contributed by atoms with Crippen molar-refractivity contribution in [3.05, 3.63) is 23.8 Å². The van der Waals surface area contributed by atoms with E-state index in [-0.39, 0.29) is 46.4 Å². The Labute approximate surface area is 190 Å². The molecule has 11 atom stereocenters. The average molecular weight is 441 g/mol. The van der Waals surface area contributed by atoms with Gasteiger partial charge in [-0.25, -0.2) is 0 Å². The van der Waals surface area contributed by atoms with Crippen LogP contribution in [0.1, 0.15) is 66.2 Å². The number of aliphatic hydroxyl groups is 1. The molecule has 0 unspecified atom stereocenters. The number of aliphatic hydroxyl groups excluding tert-OH is 1. The quantitative estimate of drug-likeness (QED) is 0.572. The molecule has 32 heavy (non-hydrogen) atoms. The van der Waals surface area contributed by atoms with Crippen LogP contribution in [0, 0.1) is 46.3 Å². The molecule has 0 aromatic rings. The SMILES string of the molecule is C[C@@H]1C[C@H](O)[C@@]2(OC1=O)O[C@H]1C[C@H]3[C@@H]4CCC5=CC(=O)C=C[C@]5(C)[C@H]4CC[C@]3(C)[C@H]1[C@@H]2C. The van der Waals surface area contributed by atoms with E-state index in [1.165, 1.54) is 5.57 Å². The first-order valence-corrected chi connectivity index (χ1v) is 12.6. The highest BCUT2D eigenvalue weighted by molar-refractivity contribution is 6.01. The highest BCUT2D eigenvalue weighted by Crippen LogP contribution is 2.70. The summed E-state index contributed by atoms with van der Waals surface area (Å²) in [6.07, 6.45) is 10.9. The number of hydrogen-bond donors (Lipinski definition) is 1. The summed E-state index contributed by atoms with van der Waals surface area (Å²) in [5.74, 6) is 0.439. The van der Waals surface area contributed by atoms with E-state index < -0.39 is 11.9 Å². The summed E-state index contributed by atoms with van der Waals surface area (Å²) in [6, 6.07) is 0. The van der Waals surface area contributed by atoms with Crippen molar-refractivity contribution in [3.8, 4) is 0 Å². The van der Waals surface area contributed by atoms with Crippen molar-refractivity contribution in [1.29, 1.82) is 0 Å². The lowest BCUT2D eigenvalue weighted by atomic mass is 9.47. The summed E-state index contributed by atoms with van der Waals surface area (Å²) < 4.78 is 12.5. The number of ether oxygens (including phenoxy) is 2. The van der Waals surface area contributed by atoms with Crippen molar-refractivity contribution < 1.29 is 24.2 Å². The number of carbonyl (C=O) groups is 2. The fourth-order valence-corrected chi connectivity index (χ4v) is 9.25. The van der Waals surface area contributed by atoms with Gasteiger partial charge in [0.25, 0.3) is 0 Å². The van der Waals surface area contributed by atoms with Crippen molar-refractivity contribution >= 4 is 11.8 Å². The summed E-state index contributed by atoms with van der Waals surface area (Å²) in [4.78, 5) is 24.5. The Kier molecular flexibility index (Phi) is 4.33. The van der Waals surface area contributed by atoms with Crippen LogP contribution in [0.15, 0.2) is 23.8 Å². The maximum absolute atomic E-state index is 12.5. The van der Waals surface area contributed by atoms with Gasteiger partial charge in [-0.1, -0.05) is 39.3 Å². The van der Waals surface area contributed by atoms with Crippen molar-refractivity contribution in [2.75, 3.05) is 0 Å². The normalized spacial score (nSPS) is 56.2. The zero-order chi connectivity index (χ0) is 22.6. The van der Waals surface area contributed by atoms with Crippen LogP contribution in [-0.2, 0) is 19.1 Å². The molecular formula is C27H36O5. The Morgan fingerprint density at radius 3 is 2.66 bits per heavy atom. The van der Waals surface area contributed by atoms with Gasteiger partial charge in [-0.15, -0.1) is 0 Å². The standard InChI is InChI=1S/C27H36O5/c1-14-11-22(29)27(32-24(14)30)15(2)23-21(31-27)13-20-18-6-5-16-12-17(28)7-9-25(16,3)19(18)8-10-26(20,23)4/h7,9,12,14-15,18-23,29H,5-6,8,10-11,13H2,1-4H3/t14-,15+,18-,19+,20+,21+,22+,23+,25+,26+,27-/m1/s1. The van der Waals surface area contributed by atoms with E-state index in [1.807, 2.05) is 13.0 Å². The van der Waals surface area contributed by atoms with E-state index in [2.05, 4.69) is 26.8 Å². The molecule has 0 aromatic carbocycles. The fourth-order valence-electron chi connectivity index (χ4n) is 9.25. The zero-order valence-corrected chi connectivity index (χ0v) is 19.7. The summed E-state index contributed by atoms with van der Waals surface area (Å²) in [7, 11) is 0. The lowest BCUT2D eigenvalue weighted by Crippen LogP contribution is -2.58. The Hall–Kier alpha value is -1.46. The Balaban J connectivity index is 1.31. The minimum absolute atomic E-state index is 0.00517. The number of allylic oxidation sites excluding steroid dienone is 4. The number of fused-ring (bicyclic) bond motifs is 7. The maximum atomic E-state index is 12.5. The lowest BCUT2D eigenvalue weighted by Gasteiger charge is -2.57. The van der Waals surface area contributed by atoms with Gasteiger partial charge in [-0.05, 0) is 79.8 Å². The van der Waals surface area contributed by atoms with Gasteiger partial charge in [0.1, 0.15) is 6.10 Å². The third-order valence-corrected chi connectivity index (χ3v) is 10.9. The second kappa shape index (κ2) is 6.56. The second-order valence-electron chi connectivity index (χ2n) is 12.1. The van der Waals surface area contributed by atoms with E-state index in [1.54, 1.807) is 6.08 Å². The molecule has 2 heterocycles. The first-order chi connectivity index (χ1) is 15.1. The largest absolute Gasteiger partial charge is 0.430 e. The molecule has 0 aromatic heterocycles. The van der Waals surface area contributed by atoms with Gasteiger partial charge in [0, 0.05) is 11.3 Å². The van der Waals surface area contributed by atoms with Gasteiger partial charge in [0.2, 0.25) is 5.79 Å². The third-order valence-electron chi connectivity index (χ3n) is 10.9. The van der Waals surface area contributed by atoms with Gasteiger partial charge < -0.3 is 14.6 Å². The van der Waals surface area contributed by atoms with Crippen LogP contribution in [0.4, 0.5) is 0 Å². The molecule has 0 amide bonds. The van der Waals surface area contributed by atoms with E-state index in [0.29, 0.717) is 24.2 Å². The Morgan fingerprint density at radius 1 is 1.09 bits per heavy atom. The predicted molar refractivity (Wildman–Crippen MR) is 118 cm³/mol. The highest BCUT2D eigenvalue weighted by Gasteiger charge is 2.71. The van der Waals surface area contributed by atoms with Gasteiger partial charge in [-0.3, -0.25) is 9.59 Å². The topological polar surface area (TPSA) is 72.8 Å². The first kappa shape index (κ1) is 21.1. The van der Waals surface area contributed by atoms with Crippen LogP contribution in [0.25, 0.3) is 0 Å². The van der Waals surface area contributed by atoms with Gasteiger partial charge in [-0.2, -0.15) is 0 Å². The first-order valence-electron chi connectivity index (χ1n) is 12.6. The molecule has 0 bridgehead atoms. The maximum Gasteiger partial charge on any atom is 0.311 e. The summed E-state index contributed by atoms with van der Waals surface area (Å²) in [6.45, 7) is 8.72. The minimum atomic E-state index is -1.18. The van der Waals surface area contributed by atoms with E-state index in [4.69, 9.17) is 9.47 Å². The third kappa shape index (κ3) is 2.47. The molecule has 1 spiro atoms. The number of ketones is 1. The van der Waals surface area contributed by atoms with Crippen LogP contribution >= 0.6 is 0 Å². The molecule has 6 rings (SSSR count). The minimum Gasteiger partial charge on any atom is -0.430 e. The molecule has 5 heteroatoms. The smallest absolute Gasteiger partial charge is 0.311 e. The van der Waals surface area contributed by atoms with Gasteiger partial charge in [0.15, 0.2) is 5.78 Å². The lowest BCUT2D eigenvalue weighted by molar-refractivity contribution is -0.296. The molecule has 2 aliphatic heterocycles. The Morgan fingerprint density at radius 2 is 1.88 bits per heavy atom. The molecule has 3 saturated carbocycles. The van der Waals surface area contributed by atoms with Gasteiger partial charge in [0.05, 0.1) is 12.0 Å². The average Bonchev–Trinajstić information content (AvgIpc) is 3.18. The van der Waals surface area contributed by atoms with Crippen LogP contribution in [0.2, 0.25) is 0 Å². The second-order valence-corrected chi connectivity index (χ2v) is 12.1. The molecule has 5 fully saturated rings. The van der Waals surface area contributed by atoms with Crippen LogP contribution in [0.5, 0.6) is 0 Å². The number of rotatable bonds is 0. The van der Waals surface area contributed by atoms with Gasteiger partial charge >= 0.3 is 5.97 Å². The van der Waals surface area contributed by atoms with Crippen LogP contribution < -0.4 is 0 Å². The molecular weight excluding hydrogens is 404 g/mol. The predicted octanol–water partition coefficient (Wildman–Crippen LogP) is 4.20. The van der Waals surface area contributed by atoms with Crippen LogP contribution in [0.3, 0.4) is 0 Å².